The molecule has 6 rings (SSSR count). The molecule has 6 heterocycles. The number of rotatable bonds is 4. The fraction of sp³-hybridized carbons (Fsp3) is 0.500. The highest BCUT2D eigenvalue weighted by atomic mass is 79.9. The number of nitrogens with zero attached hydrogens (tertiary/aromatic N) is 10. The Morgan fingerprint density at radius 2 is 1.00 bits per heavy atom. The molecule has 0 unspecified atom stereocenters. The molecule has 0 aromatic carbocycles. The zero-order chi connectivity index (χ0) is 51.1. The maximum atomic E-state index is 12.2. The lowest BCUT2D eigenvalue weighted by Crippen LogP contribution is -2.53. The van der Waals surface area contributed by atoms with Gasteiger partial charge in [-0.05, 0) is 122 Å². The Labute approximate surface area is 400 Å². The highest BCUT2D eigenvalue weighted by Crippen LogP contribution is 2.21. The number of nitro groups is 2. The zero-order valence-electron chi connectivity index (χ0n) is 39.3. The molecule has 26 heteroatoms. The van der Waals surface area contributed by atoms with Crippen molar-refractivity contribution in [1.29, 1.82) is 0 Å². The molecule has 68 heavy (non-hydrogen) atoms. The first-order valence-electron chi connectivity index (χ1n) is 20.9. The van der Waals surface area contributed by atoms with Gasteiger partial charge in [0.2, 0.25) is 17.7 Å². The molecular weight excluding hydrogens is 960 g/mol. The van der Waals surface area contributed by atoms with Crippen LogP contribution >= 0.6 is 15.9 Å². The number of hydrogen-bond acceptors (Lipinski definition) is 17. The fourth-order valence-corrected chi connectivity index (χ4v) is 5.89. The van der Waals surface area contributed by atoms with Gasteiger partial charge in [0.25, 0.3) is 0 Å². The van der Waals surface area contributed by atoms with E-state index >= 15 is 0 Å². The highest BCUT2D eigenvalue weighted by Gasteiger charge is 2.33. The SMILES string of the molecule is CC(C)(C)OC(=O)N1CCN(c2ccc(N)nc2)C(=O)C1.CC(C)(C)OC(=O)N1CCN(c2ccc([N+](=O)[O-])nc2)C(=O)C1.CC(C)(C)OC(=O)N1CCNC(=O)C1.O=[N+]([O-])c1ccc(Br)cn1. The maximum absolute atomic E-state index is 12.2. The van der Waals surface area contributed by atoms with Crippen LogP contribution in [0.5, 0.6) is 0 Å². The molecule has 3 N–H and O–H groups in total. The molecule has 3 aliphatic heterocycles. The van der Waals surface area contributed by atoms with Crippen LogP contribution in [-0.4, -0.2) is 151 Å². The van der Waals surface area contributed by atoms with Crippen molar-refractivity contribution in [2.75, 3.05) is 74.4 Å². The van der Waals surface area contributed by atoms with Crippen LogP contribution in [0.25, 0.3) is 0 Å². The summed E-state index contributed by atoms with van der Waals surface area (Å²) >= 11 is 3.11. The molecule has 0 spiro atoms. The average Bonchev–Trinajstić information content (AvgIpc) is 3.23. The summed E-state index contributed by atoms with van der Waals surface area (Å²) in [7, 11) is 0. The average molecular weight is 1020 g/mol. The number of carbonyl (C=O) groups excluding carboxylic acids is 6. The third-order valence-electron chi connectivity index (χ3n) is 8.65. The third-order valence-corrected chi connectivity index (χ3v) is 9.12. The molecule has 0 bridgehead atoms. The van der Waals surface area contributed by atoms with Gasteiger partial charge in [-0.3, -0.25) is 29.1 Å². The number of aromatic nitrogens is 3. The second-order valence-electron chi connectivity index (χ2n) is 17.8. The number of pyridine rings is 3. The van der Waals surface area contributed by atoms with Crippen molar-refractivity contribution in [2.45, 2.75) is 79.1 Å². The smallest absolute Gasteiger partial charge is 0.410 e. The number of ether oxygens (including phenoxy) is 3. The molecule has 3 aromatic rings. The molecule has 6 amide bonds. The lowest BCUT2D eigenvalue weighted by atomic mass is 10.2. The van der Waals surface area contributed by atoms with Gasteiger partial charge in [-0.15, -0.1) is 0 Å². The van der Waals surface area contributed by atoms with Crippen LogP contribution < -0.4 is 20.9 Å². The van der Waals surface area contributed by atoms with E-state index in [1.807, 2.05) is 0 Å². The number of anilines is 3. The van der Waals surface area contributed by atoms with Crippen LogP contribution in [0, 0.1) is 20.2 Å². The van der Waals surface area contributed by atoms with E-state index in [-0.39, 0.29) is 55.5 Å². The van der Waals surface area contributed by atoms with Crippen molar-refractivity contribution in [3.63, 3.8) is 0 Å². The molecule has 370 valence electrons. The van der Waals surface area contributed by atoms with Crippen LogP contribution in [0.4, 0.5) is 43.2 Å². The van der Waals surface area contributed by atoms with Crippen molar-refractivity contribution < 1.29 is 52.8 Å². The first-order valence-corrected chi connectivity index (χ1v) is 21.7. The molecule has 3 saturated heterocycles. The standard InChI is InChI=1S/C14H18N4O5.C14H20N4O3.C9H16N2O3.C5H3BrN2O2/c1-14(2,3)23-13(20)16-6-7-17(12(19)9-16)10-4-5-11(15-8-10)18(21)22;1-14(2,3)21-13(20)17-6-7-18(12(19)9-17)10-4-5-11(15)16-8-10;1-9(2,3)14-8(13)11-5-4-10-7(12)6-11;6-4-1-2-5(7-3-4)8(9)10/h4-5,8H,6-7,9H2,1-3H3;4-5,8H,6-7,9H2,1-3H3,(H2,15,16);4-6H2,1-3H3,(H,10,12);1-3H. The van der Waals surface area contributed by atoms with Gasteiger partial charge in [0, 0.05) is 51.4 Å². The molecule has 25 nitrogen and oxygen atoms in total. The second-order valence-corrected chi connectivity index (χ2v) is 18.7. The molecule has 0 aliphatic carbocycles. The van der Waals surface area contributed by atoms with Crippen molar-refractivity contribution >= 4 is 80.8 Å². The molecule has 0 radical (unpaired) electrons. The summed E-state index contributed by atoms with van der Waals surface area (Å²) in [4.78, 5) is 109. The Morgan fingerprint density at radius 1 is 0.603 bits per heavy atom. The van der Waals surface area contributed by atoms with E-state index in [1.54, 1.807) is 91.6 Å². The van der Waals surface area contributed by atoms with E-state index in [9.17, 15) is 49.0 Å². The van der Waals surface area contributed by atoms with Crippen LogP contribution in [-0.2, 0) is 28.6 Å². The van der Waals surface area contributed by atoms with Crippen molar-refractivity contribution in [3.05, 3.63) is 79.7 Å². The minimum atomic E-state index is -0.625. The van der Waals surface area contributed by atoms with E-state index in [4.69, 9.17) is 19.9 Å². The molecule has 3 fully saturated rings. The Morgan fingerprint density at radius 3 is 1.32 bits per heavy atom. The number of nitrogens with one attached hydrogen (secondary N) is 1. The number of hydrogen-bond donors (Lipinski definition) is 2. The summed E-state index contributed by atoms with van der Waals surface area (Å²) in [6.07, 6.45) is 2.79. The highest BCUT2D eigenvalue weighted by molar-refractivity contribution is 9.10. The lowest BCUT2D eigenvalue weighted by Gasteiger charge is -2.35. The van der Waals surface area contributed by atoms with Gasteiger partial charge in [-0.1, -0.05) is 0 Å². The topological polar surface area (TPSA) is 309 Å². The van der Waals surface area contributed by atoms with E-state index in [1.165, 1.54) is 50.2 Å². The van der Waals surface area contributed by atoms with Crippen LogP contribution in [0.15, 0.2) is 59.5 Å². The number of halogens is 1. The largest absolute Gasteiger partial charge is 0.444 e. The van der Waals surface area contributed by atoms with E-state index in [0.29, 0.717) is 49.9 Å². The lowest BCUT2D eigenvalue weighted by molar-refractivity contribution is -0.389. The predicted octanol–water partition coefficient (Wildman–Crippen LogP) is 4.93. The molecule has 0 saturated carbocycles. The Kier molecular flexibility index (Phi) is 19.4. The predicted molar refractivity (Wildman–Crippen MR) is 249 cm³/mol. The van der Waals surface area contributed by atoms with Crippen LogP contribution in [0.1, 0.15) is 62.3 Å². The monoisotopic (exact) mass is 1020 g/mol. The summed E-state index contributed by atoms with van der Waals surface area (Å²) in [5.41, 5.74) is 4.96. The molecule has 3 aliphatic rings. The van der Waals surface area contributed by atoms with E-state index < -0.39 is 44.9 Å². The van der Waals surface area contributed by atoms with Gasteiger partial charge in [-0.25, -0.2) is 19.4 Å². The zero-order valence-corrected chi connectivity index (χ0v) is 40.9. The molecule has 0 atom stereocenters. The van der Waals surface area contributed by atoms with Crippen molar-refractivity contribution in [1.82, 2.24) is 35.0 Å². The van der Waals surface area contributed by atoms with Crippen LogP contribution in [0.2, 0.25) is 0 Å². The first-order chi connectivity index (χ1) is 31.5. The van der Waals surface area contributed by atoms with E-state index in [0.717, 1.165) is 4.47 Å². The number of piperazine rings is 3. The van der Waals surface area contributed by atoms with Crippen molar-refractivity contribution in [3.8, 4) is 0 Å². The summed E-state index contributed by atoms with van der Waals surface area (Å²) < 4.78 is 16.4. The Hall–Kier alpha value is -7.25. The van der Waals surface area contributed by atoms with Gasteiger partial charge < -0.3 is 55.3 Å². The molecule has 3 aromatic heterocycles. The minimum Gasteiger partial charge on any atom is -0.444 e. The van der Waals surface area contributed by atoms with Gasteiger partial charge in [-0.2, -0.15) is 0 Å². The summed E-state index contributed by atoms with van der Waals surface area (Å²) in [5.74, 6) is -0.617. The number of carbonyl (C=O) groups is 6. The van der Waals surface area contributed by atoms with Gasteiger partial charge >= 0.3 is 29.9 Å². The summed E-state index contributed by atoms with van der Waals surface area (Å²) in [6.45, 7) is 18.5. The molecular formula is C42H57BrN12O13. The van der Waals surface area contributed by atoms with Gasteiger partial charge in [0.15, 0.2) is 12.4 Å². The van der Waals surface area contributed by atoms with Gasteiger partial charge in [0.05, 0.1) is 22.0 Å². The van der Waals surface area contributed by atoms with E-state index in [2.05, 4.69) is 36.2 Å². The summed E-state index contributed by atoms with van der Waals surface area (Å²) in [6, 6.07) is 9.00. The van der Waals surface area contributed by atoms with Gasteiger partial charge in [0.1, 0.15) is 42.3 Å². The van der Waals surface area contributed by atoms with Crippen LogP contribution in [0.3, 0.4) is 0 Å². The quantitative estimate of drug-likeness (QED) is 0.199. The summed E-state index contributed by atoms with van der Waals surface area (Å²) in [5, 5.41) is 23.3. The third kappa shape index (κ3) is 18.9. The van der Waals surface area contributed by atoms with Crippen molar-refractivity contribution in [2.24, 2.45) is 0 Å². The Balaban J connectivity index is 0.000000251. The second kappa shape index (κ2) is 24.0. The first kappa shape index (κ1) is 55.1. The maximum Gasteiger partial charge on any atom is 0.410 e. The number of amides is 6. The fourth-order valence-electron chi connectivity index (χ4n) is 5.66. The Bertz CT molecular complexity index is 2270. The minimum absolute atomic E-state index is 0.000705. The number of nitrogen functional groups attached to an aromatic ring is 1. The number of nitrogens with two attached hydrogens (primary N) is 1. The normalized spacial score (nSPS) is 15.2.